The van der Waals surface area contributed by atoms with Crippen molar-refractivity contribution >= 4 is 27.6 Å². The molecule has 2 aromatic carbocycles. The molecule has 0 bridgehead atoms. The van der Waals surface area contributed by atoms with Crippen LogP contribution in [0.2, 0.25) is 0 Å². The number of nitrogens with zero attached hydrogens (tertiary/aromatic N) is 2. The van der Waals surface area contributed by atoms with Gasteiger partial charge in [0.15, 0.2) is 17.5 Å². The summed E-state index contributed by atoms with van der Waals surface area (Å²) in [5.74, 6) is -5.19. The van der Waals surface area contributed by atoms with Gasteiger partial charge in [0.2, 0.25) is 0 Å². The molecule has 1 unspecified atom stereocenters. The van der Waals surface area contributed by atoms with E-state index in [4.69, 9.17) is 0 Å². The summed E-state index contributed by atoms with van der Waals surface area (Å²) in [5.41, 5.74) is 2.13. The second kappa shape index (κ2) is 10.2. The molecule has 3 aromatic rings. The highest BCUT2D eigenvalue weighted by atomic mass is 32.2. The van der Waals surface area contributed by atoms with E-state index < -0.39 is 39.3 Å². The number of fused-ring (bicyclic) bond motifs is 1. The maximum atomic E-state index is 13.8. The smallest absolute Gasteiger partial charge is 0.272 e. The number of hydrogen-bond donors (Lipinski definition) is 2. The number of rotatable bonds is 6. The van der Waals surface area contributed by atoms with Gasteiger partial charge in [0.1, 0.15) is 15.6 Å². The van der Waals surface area contributed by atoms with Gasteiger partial charge in [0.25, 0.3) is 5.91 Å². The summed E-state index contributed by atoms with van der Waals surface area (Å²) in [4.78, 5) is 13.4. The van der Waals surface area contributed by atoms with Crippen molar-refractivity contribution < 1.29 is 22.2 Å². The third kappa shape index (κ3) is 5.00. The third-order valence-electron chi connectivity index (χ3n) is 5.96. The lowest BCUT2D eigenvalue weighted by Crippen LogP contribution is -2.33. The first-order valence-corrected chi connectivity index (χ1v) is 12.6. The molecule has 0 saturated heterocycles. The summed E-state index contributed by atoms with van der Waals surface area (Å²) >= 11 is 0. The van der Waals surface area contributed by atoms with E-state index in [1.807, 2.05) is 30.3 Å². The van der Waals surface area contributed by atoms with Crippen molar-refractivity contribution in [2.75, 3.05) is 12.4 Å². The third-order valence-corrected chi connectivity index (χ3v) is 7.96. The molecule has 2 heterocycles. The van der Waals surface area contributed by atoms with Crippen LogP contribution in [0.15, 0.2) is 76.1 Å². The fourth-order valence-electron chi connectivity index (χ4n) is 4.04. The Morgan fingerprint density at radius 1 is 1.19 bits per heavy atom. The Labute approximate surface area is 207 Å². The Bertz CT molecular complexity index is 1470. The molecular formula is C26H25F3N4O2S. The van der Waals surface area contributed by atoms with Crippen LogP contribution in [0, 0.1) is 17.5 Å². The minimum atomic E-state index is -3.15. The van der Waals surface area contributed by atoms with Gasteiger partial charge in [-0.2, -0.15) is 0 Å². The van der Waals surface area contributed by atoms with Crippen molar-refractivity contribution in [1.29, 1.82) is 0 Å². The van der Waals surface area contributed by atoms with E-state index in [-0.39, 0.29) is 11.4 Å². The van der Waals surface area contributed by atoms with E-state index in [2.05, 4.69) is 21.0 Å². The number of benzene rings is 2. The van der Waals surface area contributed by atoms with E-state index in [9.17, 15) is 22.2 Å². The van der Waals surface area contributed by atoms with Crippen molar-refractivity contribution in [3.05, 3.63) is 101 Å². The summed E-state index contributed by atoms with van der Waals surface area (Å²) < 4.78 is 63.0. The van der Waals surface area contributed by atoms with Gasteiger partial charge in [0, 0.05) is 43.7 Å². The molecule has 4 rings (SSSR count). The number of carbonyl (C=O) groups is 1. The number of amides is 1. The quantitative estimate of drug-likeness (QED) is 0.349. The average molecular weight is 515 g/mol. The molecule has 0 spiro atoms. The molecule has 6 nitrogen and oxygen atoms in total. The summed E-state index contributed by atoms with van der Waals surface area (Å²) in [6.45, 7) is 4.17. The van der Waals surface area contributed by atoms with Gasteiger partial charge >= 0.3 is 0 Å². The summed E-state index contributed by atoms with van der Waals surface area (Å²) in [6.07, 6.45) is 6.34. The molecule has 1 aliphatic heterocycles. The lowest BCUT2D eigenvalue weighted by atomic mass is 10.00. The Kier molecular flexibility index (Phi) is 7.18. The first-order chi connectivity index (χ1) is 17.1. The number of hydrogen-bond acceptors (Lipinski definition) is 3. The van der Waals surface area contributed by atoms with E-state index in [1.165, 1.54) is 17.8 Å². The SMILES string of the molecule is C=C(CCc1ccccc1)[C@H]1C=Cc2c(cn(C)c2C(=O)Nc2cc(F)c(F)c(F)c2)S(=O)(=NC)N1. The fourth-order valence-corrected chi connectivity index (χ4v) is 5.82. The van der Waals surface area contributed by atoms with Gasteiger partial charge in [-0.15, -0.1) is 0 Å². The zero-order chi connectivity index (χ0) is 26.0. The number of halogens is 3. The van der Waals surface area contributed by atoms with Gasteiger partial charge in [0.05, 0.1) is 10.9 Å². The maximum Gasteiger partial charge on any atom is 0.272 e. The van der Waals surface area contributed by atoms with Crippen LogP contribution >= 0.6 is 0 Å². The fraction of sp³-hybridized carbons (Fsp3) is 0.192. The normalized spacial score (nSPS) is 18.9. The summed E-state index contributed by atoms with van der Waals surface area (Å²) in [6, 6.07) is 10.8. The lowest BCUT2D eigenvalue weighted by Gasteiger charge is -2.19. The molecule has 2 N–H and O–H groups in total. The molecule has 1 aromatic heterocycles. The predicted octanol–water partition coefficient (Wildman–Crippen LogP) is 5.24. The molecule has 0 saturated carbocycles. The number of aryl methyl sites for hydroxylation is 2. The molecule has 0 aliphatic carbocycles. The second-order valence-corrected chi connectivity index (χ2v) is 10.5. The van der Waals surface area contributed by atoms with Crippen LogP contribution in [0.25, 0.3) is 6.08 Å². The van der Waals surface area contributed by atoms with Crippen LogP contribution in [0.3, 0.4) is 0 Å². The van der Waals surface area contributed by atoms with Gasteiger partial charge in [-0.05, 0) is 18.4 Å². The molecular weight excluding hydrogens is 489 g/mol. The number of aromatic nitrogens is 1. The maximum absolute atomic E-state index is 13.8. The number of nitrogens with one attached hydrogen (secondary N) is 2. The van der Waals surface area contributed by atoms with Gasteiger partial charge < -0.3 is 9.88 Å². The van der Waals surface area contributed by atoms with Crippen LogP contribution in [-0.4, -0.2) is 27.8 Å². The first kappa shape index (κ1) is 25.5. The van der Waals surface area contributed by atoms with Crippen LogP contribution in [0.4, 0.5) is 18.9 Å². The van der Waals surface area contributed by atoms with Crippen LogP contribution in [-0.2, 0) is 23.4 Å². The number of carbonyl (C=O) groups excluding carboxylic acids is 1. The van der Waals surface area contributed by atoms with E-state index in [0.29, 0.717) is 29.0 Å². The highest BCUT2D eigenvalue weighted by molar-refractivity contribution is 7.91. The Balaban J connectivity index is 1.64. The second-order valence-electron chi connectivity index (χ2n) is 8.38. The Morgan fingerprint density at radius 3 is 2.50 bits per heavy atom. The zero-order valence-corrected chi connectivity index (χ0v) is 20.5. The zero-order valence-electron chi connectivity index (χ0n) is 19.7. The molecule has 36 heavy (non-hydrogen) atoms. The molecule has 2 atom stereocenters. The minimum absolute atomic E-state index is 0.0973. The van der Waals surface area contributed by atoms with Crippen molar-refractivity contribution in [2.24, 2.45) is 11.4 Å². The Hall–Kier alpha value is -3.63. The molecule has 0 radical (unpaired) electrons. The van der Waals surface area contributed by atoms with Crippen LogP contribution < -0.4 is 10.0 Å². The van der Waals surface area contributed by atoms with Gasteiger partial charge in [-0.3, -0.25) is 4.79 Å². The van der Waals surface area contributed by atoms with Crippen molar-refractivity contribution in [3.8, 4) is 0 Å². The topological polar surface area (TPSA) is 75.5 Å². The predicted molar refractivity (Wildman–Crippen MR) is 134 cm³/mol. The van der Waals surface area contributed by atoms with E-state index in [0.717, 1.165) is 17.6 Å². The highest BCUT2D eigenvalue weighted by Gasteiger charge is 2.30. The monoisotopic (exact) mass is 514 g/mol. The minimum Gasteiger partial charge on any atom is -0.345 e. The highest BCUT2D eigenvalue weighted by Crippen LogP contribution is 2.30. The summed E-state index contributed by atoms with van der Waals surface area (Å²) in [5, 5.41) is 2.38. The molecule has 0 fully saturated rings. The van der Waals surface area contributed by atoms with E-state index in [1.54, 1.807) is 19.2 Å². The molecule has 1 amide bonds. The van der Waals surface area contributed by atoms with Crippen LogP contribution in [0.5, 0.6) is 0 Å². The molecule has 10 heteroatoms. The van der Waals surface area contributed by atoms with Crippen LogP contribution in [0.1, 0.15) is 28.0 Å². The van der Waals surface area contributed by atoms with Gasteiger partial charge in [-0.1, -0.05) is 54.6 Å². The van der Waals surface area contributed by atoms with Crippen molar-refractivity contribution in [3.63, 3.8) is 0 Å². The van der Waals surface area contributed by atoms with Crippen molar-refractivity contribution in [1.82, 2.24) is 9.29 Å². The molecule has 188 valence electrons. The standard InChI is InChI=1S/C26H25F3N4O2S/c1-16(9-10-17-7-5-4-6-8-17)22-12-11-19-23(36(35,30-2)32-22)15-33(3)25(19)26(34)31-18-13-20(27)24(29)21(28)14-18/h4-8,11-15,22H,1,9-10H2,2-3H3,(H,31,34)(H,30,32,35)/t22-,36?/m1/s1. The largest absolute Gasteiger partial charge is 0.345 e. The lowest BCUT2D eigenvalue weighted by molar-refractivity contribution is 0.101. The average Bonchev–Trinajstić information content (AvgIpc) is 3.13. The molecule has 1 aliphatic rings. The first-order valence-electron chi connectivity index (χ1n) is 11.1. The Morgan fingerprint density at radius 2 is 1.86 bits per heavy atom. The van der Waals surface area contributed by atoms with Crippen molar-refractivity contribution in [2.45, 2.75) is 23.8 Å². The summed E-state index contributed by atoms with van der Waals surface area (Å²) in [7, 11) is -0.147. The van der Waals surface area contributed by atoms with E-state index >= 15 is 0 Å². The van der Waals surface area contributed by atoms with Gasteiger partial charge in [-0.25, -0.2) is 26.5 Å². The number of anilines is 1.